The van der Waals surface area contributed by atoms with Crippen molar-refractivity contribution in [2.75, 3.05) is 29.9 Å². The summed E-state index contributed by atoms with van der Waals surface area (Å²) in [4.78, 5) is 34.7. The number of rotatable bonds is 6. The molecule has 2 aromatic heterocycles. The van der Waals surface area contributed by atoms with Gasteiger partial charge in [-0.05, 0) is 48.2 Å². The summed E-state index contributed by atoms with van der Waals surface area (Å²) in [7, 11) is 1.61. The van der Waals surface area contributed by atoms with Gasteiger partial charge in [-0.25, -0.2) is 9.78 Å². The van der Waals surface area contributed by atoms with Gasteiger partial charge >= 0.3 is 5.97 Å². The normalized spacial score (nSPS) is 13.2. The summed E-state index contributed by atoms with van der Waals surface area (Å²) >= 11 is 6.42. The van der Waals surface area contributed by atoms with Crippen LogP contribution in [0.15, 0.2) is 59.5 Å². The first-order valence-corrected chi connectivity index (χ1v) is 11.9. The summed E-state index contributed by atoms with van der Waals surface area (Å²) in [5.74, 6) is -0.124. The van der Waals surface area contributed by atoms with Crippen LogP contribution in [0, 0.1) is 0 Å². The number of benzene rings is 2. The number of carboxylic acid groups (broad SMARTS) is 1. The summed E-state index contributed by atoms with van der Waals surface area (Å²) in [6.45, 7) is 1.02. The van der Waals surface area contributed by atoms with Crippen molar-refractivity contribution in [3.05, 3.63) is 81.2 Å². The molecular weight excluding hydrogens is 482 g/mol. The Kier molecular flexibility index (Phi) is 6.47. The predicted molar refractivity (Wildman–Crippen MR) is 139 cm³/mol. The fourth-order valence-electron chi connectivity index (χ4n) is 4.38. The maximum absolute atomic E-state index is 12.5. The number of nitrogens with one attached hydrogen (secondary N) is 1. The van der Waals surface area contributed by atoms with Crippen LogP contribution >= 0.6 is 11.6 Å². The first-order chi connectivity index (χ1) is 17.4. The van der Waals surface area contributed by atoms with Gasteiger partial charge in [0.2, 0.25) is 5.95 Å². The van der Waals surface area contributed by atoms with Crippen molar-refractivity contribution in [1.82, 2.24) is 14.5 Å². The molecule has 4 aromatic rings. The van der Waals surface area contributed by atoms with Crippen molar-refractivity contribution in [2.45, 2.75) is 12.8 Å². The lowest BCUT2D eigenvalue weighted by atomic mass is 10.0. The molecule has 0 saturated heterocycles. The molecule has 184 valence electrons. The molecule has 10 heteroatoms. The Labute approximate surface area is 211 Å². The van der Waals surface area contributed by atoms with Crippen LogP contribution < -0.4 is 20.5 Å². The second-order valence-corrected chi connectivity index (χ2v) is 8.98. The summed E-state index contributed by atoms with van der Waals surface area (Å²) in [5.41, 5.74) is 3.66. The third-order valence-corrected chi connectivity index (χ3v) is 6.52. The van der Waals surface area contributed by atoms with Gasteiger partial charge in [-0.1, -0.05) is 35.9 Å². The summed E-state index contributed by atoms with van der Waals surface area (Å²) < 4.78 is 6.60. The molecule has 0 atom stereocenters. The Morgan fingerprint density at radius 2 is 1.86 bits per heavy atom. The SMILES string of the molecule is Cn1c(=O)c(OCC(=O)O)cc2cc(Nc3nc(N4CCc5ccccc5CC4)ncc3Cl)ccc21. The predicted octanol–water partition coefficient (Wildman–Crippen LogP) is 3.79. The second-order valence-electron chi connectivity index (χ2n) is 8.58. The number of carboxylic acids is 1. The number of carbonyl (C=O) groups is 1. The van der Waals surface area contributed by atoms with E-state index in [0.717, 1.165) is 25.9 Å². The van der Waals surface area contributed by atoms with Crippen molar-refractivity contribution < 1.29 is 14.6 Å². The fraction of sp³-hybridized carbons (Fsp3) is 0.231. The number of aryl methyl sites for hydroxylation is 1. The van der Waals surface area contributed by atoms with E-state index in [1.165, 1.54) is 21.8 Å². The lowest BCUT2D eigenvalue weighted by Crippen LogP contribution is -2.28. The molecule has 2 aromatic carbocycles. The number of pyridine rings is 1. The lowest BCUT2D eigenvalue weighted by molar-refractivity contribution is -0.139. The highest BCUT2D eigenvalue weighted by Crippen LogP contribution is 2.28. The number of aromatic nitrogens is 3. The number of hydrogen-bond acceptors (Lipinski definition) is 7. The van der Waals surface area contributed by atoms with Crippen molar-refractivity contribution >= 4 is 45.9 Å². The number of hydrogen-bond donors (Lipinski definition) is 2. The van der Waals surface area contributed by atoms with Crippen LogP contribution in [0.3, 0.4) is 0 Å². The molecular formula is C26H24ClN5O4. The van der Waals surface area contributed by atoms with Gasteiger partial charge in [0.1, 0.15) is 5.02 Å². The van der Waals surface area contributed by atoms with Crippen LogP contribution in [0.2, 0.25) is 5.02 Å². The van der Waals surface area contributed by atoms with Crippen molar-refractivity contribution in [2.24, 2.45) is 7.05 Å². The molecule has 1 aliphatic heterocycles. The standard InChI is InChI=1S/C26H24ClN5O4/c1-31-21-7-6-19(12-18(21)13-22(25(31)35)36-15-23(33)34)29-24-20(27)14-28-26(30-24)32-10-8-16-4-2-3-5-17(16)9-11-32/h2-7,12-14H,8-11,15H2,1H3,(H,33,34)(H,28,29,30). The average Bonchev–Trinajstić information content (AvgIpc) is 3.09. The van der Waals surface area contributed by atoms with Gasteiger partial charge in [-0.3, -0.25) is 4.79 Å². The zero-order valence-corrected chi connectivity index (χ0v) is 20.3. The van der Waals surface area contributed by atoms with E-state index in [0.29, 0.717) is 33.4 Å². The maximum atomic E-state index is 12.5. The van der Waals surface area contributed by atoms with Crippen molar-refractivity contribution in [3.63, 3.8) is 0 Å². The topological polar surface area (TPSA) is 110 Å². The molecule has 36 heavy (non-hydrogen) atoms. The van der Waals surface area contributed by atoms with Gasteiger partial charge in [0.15, 0.2) is 18.2 Å². The van der Waals surface area contributed by atoms with E-state index in [-0.39, 0.29) is 5.75 Å². The van der Waals surface area contributed by atoms with E-state index < -0.39 is 18.1 Å². The molecule has 0 bridgehead atoms. The third-order valence-electron chi connectivity index (χ3n) is 6.24. The van der Waals surface area contributed by atoms with E-state index in [2.05, 4.69) is 39.5 Å². The Morgan fingerprint density at radius 1 is 1.14 bits per heavy atom. The van der Waals surface area contributed by atoms with Crippen LogP contribution in [-0.2, 0) is 24.7 Å². The molecule has 0 spiro atoms. The molecule has 0 unspecified atom stereocenters. The number of halogens is 1. The largest absolute Gasteiger partial charge is 0.479 e. The van der Waals surface area contributed by atoms with Crippen LogP contribution in [0.1, 0.15) is 11.1 Å². The first kappa shape index (κ1) is 23.6. The lowest BCUT2D eigenvalue weighted by Gasteiger charge is -2.21. The fourth-order valence-corrected chi connectivity index (χ4v) is 4.51. The molecule has 0 radical (unpaired) electrons. The minimum absolute atomic E-state index is 0.0333. The van der Waals surface area contributed by atoms with Gasteiger partial charge in [-0.2, -0.15) is 4.98 Å². The van der Waals surface area contributed by atoms with Crippen LogP contribution in [-0.4, -0.2) is 45.3 Å². The molecule has 0 aliphatic carbocycles. The Balaban J connectivity index is 1.41. The zero-order chi connectivity index (χ0) is 25.2. The van der Waals surface area contributed by atoms with Crippen LogP contribution in [0.5, 0.6) is 5.75 Å². The van der Waals surface area contributed by atoms with Crippen molar-refractivity contribution in [1.29, 1.82) is 0 Å². The minimum atomic E-state index is -1.16. The zero-order valence-electron chi connectivity index (χ0n) is 19.6. The molecule has 0 saturated carbocycles. The number of fused-ring (bicyclic) bond motifs is 2. The summed E-state index contributed by atoms with van der Waals surface area (Å²) in [6.07, 6.45) is 3.42. The smallest absolute Gasteiger partial charge is 0.341 e. The summed E-state index contributed by atoms with van der Waals surface area (Å²) in [5, 5.41) is 13.2. The van der Waals surface area contributed by atoms with E-state index in [4.69, 9.17) is 26.4 Å². The number of anilines is 3. The molecule has 5 rings (SSSR count). The quantitative estimate of drug-likeness (QED) is 0.407. The highest BCUT2D eigenvalue weighted by atomic mass is 35.5. The average molecular weight is 506 g/mol. The minimum Gasteiger partial charge on any atom is -0.479 e. The van der Waals surface area contributed by atoms with E-state index in [1.807, 2.05) is 12.1 Å². The van der Waals surface area contributed by atoms with Gasteiger partial charge in [-0.15, -0.1) is 0 Å². The molecule has 3 heterocycles. The third kappa shape index (κ3) is 4.83. The second kappa shape index (κ2) is 9.87. The summed E-state index contributed by atoms with van der Waals surface area (Å²) in [6, 6.07) is 15.4. The van der Waals surface area contributed by atoms with Gasteiger partial charge in [0.25, 0.3) is 5.56 Å². The highest BCUT2D eigenvalue weighted by Gasteiger charge is 2.18. The molecule has 9 nitrogen and oxygen atoms in total. The van der Waals surface area contributed by atoms with Gasteiger partial charge < -0.3 is 24.6 Å². The molecule has 0 fully saturated rings. The number of nitrogens with zero attached hydrogens (tertiary/aromatic N) is 4. The van der Waals surface area contributed by atoms with E-state index in [1.54, 1.807) is 19.3 Å². The van der Waals surface area contributed by atoms with E-state index in [9.17, 15) is 9.59 Å². The van der Waals surface area contributed by atoms with Crippen LogP contribution in [0.25, 0.3) is 10.9 Å². The Hall–Kier alpha value is -4.11. The van der Waals surface area contributed by atoms with Crippen molar-refractivity contribution in [3.8, 4) is 5.75 Å². The molecule has 1 aliphatic rings. The Morgan fingerprint density at radius 3 is 2.56 bits per heavy atom. The first-order valence-electron chi connectivity index (χ1n) is 11.5. The monoisotopic (exact) mass is 505 g/mol. The Bertz CT molecular complexity index is 1490. The molecule has 2 N–H and O–H groups in total. The molecule has 0 amide bonds. The maximum Gasteiger partial charge on any atom is 0.341 e. The highest BCUT2D eigenvalue weighted by molar-refractivity contribution is 6.32. The number of ether oxygens (including phenoxy) is 1. The van der Waals surface area contributed by atoms with Crippen LogP contribution in [0.4, 0.5) is 17.5 Å². The van der Waals surface area contributed by atoms with Gasteiger partial charge in [0, 0.05) is 31.2 Å². The number of aliphatic carboxylic acids is 1. The van der Waals surface area contributed by atoms with Gasteiger partial charge in [0.05, 0.1) is 11.7 Å². The van der Waals surface area contributed by atoms with E-state index >= 15 is 0 Å².